The van der Waals surface area contributed by atoms with Gasteiger partial charge >= 0.3 is 5.69 Å². The number of benzene rings is 1. The summed E-state index contributed by atoms with van der Waals surface area (Å²) in [6.07, 6.45) is 3.97. The van der Waals surface area contributed by atoms with E-state index in [1.54, 1.807) is 0 Å². The molecule has 1 unspecified atom stereocenters. The minimum atomic E-state index is -0.989. The molecule has 21 heavy (non-hydrogen) atoms. The molecule has 5 nitrogen and oxygen atoms in total. The molecule has 0 bridgehead atoms. The summed E-state index contributed by atoms with van der Waals surface area (Å²) in [6, 6.07) is 3.29. The highest BCUT2D eigenvalue weighted by molar-refractivity contribution is 5.94. The van der Waals surface area contributed by atoms with Crippen LogP contribution in [0.5, 0.6) is 0 Å². The van der Waals surface area contributed by atoms with Gasteiger partial charge in [0, 0.05) is 17.7 Å². The maximum Gasteiger partial charge on any atom is 0.304 e. The third kappa shape index (κ3) is 3.77. The third-order valence-electron chi connectivity index (χ3n) is 3.95. The highest BCUT2D eigenvalue weighted by Crippen LogP contribution is 2.35. The van der Waals surface area contributed by atoms with E-state index in [0.29, 0.717) is 0 Å². The Bertz CT molecular complexity index is 572. The molecular formula is C15H19FN2O3. The average molecular weight is 294 g/mol. The molecule has 2 rings (SSSR count). The van der Waals surface area contributed by atoms with E-state index in [4.69, 9.17) is 0 Å². The van der Waals surface area contributed by atoms with Crippen molar-refractivity contribution in [2.45, 2.75) is 45.6 Å². The molecule has 1 N–H and O–H groups in total. The first-order valence-electron chi connectivity index (χ1n) is 7.03. The van der Waals surface area contributed by atoms with Crippen molar-refractivity contribution in [1.82, 2.24) is 5.32 Å². The number of hydrogen-bond acceptors (Lipinski definition) is 3. The summed E-state index contributed by atoms with van der Waals surface area (Å²) < 4.78 is 13.5. The van der Waals surface area contributed by atoms with Crippen LogP contribution < -0.4 is 5.32 Å². The molecule has 1 amide bonds. The Morgan fingerprint density at radius 1 is 1.48 bits per heavy atom. The van der Waals surface area contributed by atoms with E-state index in [9.17, 15) is 19.3 Å². The molecule has 1 atom stereocenters. The van der Waals surface area contributed by atoms with Crippen LogP contribution in [0.3, 0.4) is 0 Å². The van der Waals surface area contributed by atoms with Crippen LogP contribution >= 0.6 is 0 Å². The van der Waals surface area contributed by atoms with Crippen LogP contribution in [0.15, 0.2) is 18.2 Å². The van der Waals surface area contributed by atoms with Crippen LogP contribution in [0.25, 0.3) is 0 Å². The number of hydrogen-bond donors (Lipinski definition) is 1. The van der Waals surface area contributed by atoms with Gasteiger partial charge in [-0.3, -0.25) is 14.9 Å². The van der Waals surface area contributed by atoms with Crippen LogP contribution in [0.1, 0.15) is 49.9 Å². The summed E-state index contributed by atoms with van der Waals surface area (Å²) >= 11 is 0. The van der Waals surface area contributed by atoms with Crippen LogP contribution in [-0.2, 0) is 0 Å². The van der Waals surface area contributed by atoms with Crippen LogP contribution in [0, 0.1) is 21.3 Å². The Morgan fingerprint density at radius 3 is 2.76 bits per heavy atom. The van der Waals surface area contributed by atoms with E-state index >= 15 is 0 Å². The van der Waals surface area contributed by atoms with Gasteiger partial charge in [0.1, 0.15) is 0 Å². The second kappa shape index (κ2) is 5.79. The largest absolute Gasteiger partial charge is 0.349 e. The molecule has 0 spiro atoms. The molecule has 0 saturated heterocycles. The number of halogens is 1. The minimum absolute atomic E-state index is 0.0690. The van der Waals surface area contributed by atoms with Crippen LogP contribution in [-0.4, -0.2) is 16.9 Å². The second-order valence-corrected chi connectivity index (χ2v) is 6.35. The second-order valence-electron chi connectivity index (χ2n) is 6.35. The van der Waals surface area contributed by atoms with Gasteiger partial charge in [0.15, 0.2) is 0 Å². The molecular weight excluding hydrogens is 275 g/mol. The Labute approximate surface area is 122 Å². The predicted octanol–water partition coefficient (Wildman–Crippen LogP) is 3.43. The summed E-state index contributed by atoms with van der Waals surface area (Å²) in [7, 11) is 0. The SMILES string of the molecule is CC1(C)CCCC(NC(=O)c2ccc([N+](=O)[O-])c(F)c2)C1. The molecule has 1 saturated carbocycles. The van der Waals surface area contributed by atoms with Gasteiger partial charge in [0.2, 0.25) is 5.82 Å². The van der Waals surface area contributed by atoms with Gasteiger partial charge in [0.25, 0.3) is 5.91 Å². The van der Waals surface area contributed by atoms with Gasteiger partial charge in [-0.2, -0.15) is 4.39 Å². The first-order valence-corrected chi connectivity index (χ1v) is 7.03. The lowest BCUT2D eigenvalue weighted by molar-refractivity contribution is -0.387. The van der Waals surface area contributed by atoms with E-state index < -0.39 is 16.4 Å². The number of carbonyl (C=O) groups excluding carboxylic acids is 1. The number of amides is 1. The van der Waals surface area contributed by atoms with Gasteiger partial charge in [-0.15, -0.1) is 0 Å². The fourth-order valence-electron chi connectivity index (χ4n) is 2.89. The number of nitrogens with one attached hydrogen (secondary N) is 1. The zero-order chi connectivity index (χ0) is 15.6. The molecule has 0 radical (unpaired) electrons. The Balaban J connectivity index is 2.07. The van der Waals surface area contributed by atoms with Crippen molar-refractivity contribution in [3.05, 3.63) is 39.7 Å². The summed E-state index contributed by atoms with van der Waals surface area (Å²) in [5.41, 5.74) is -0.316. The highest BCUT2D eigenvalue weighted by atomic mass is 19.1. The topological polar surface area (TPSA) is 72.2 Å². The van der Waals surface area contributed by atoms with Crippen molar-refractivity contribution in [2.75, 3.05) is 0 Å². The van der Waals surface area contributed by atoms with Crippen molar-refractivity contribution in [3.8, 4) is 0 Å². The quantitative estimate of drug-likeness (QED) is 0.685. The Hall–Kier alpha value is -1.98. The van der Waals surface area contributed by atoms with Crippen molar-refractivity contribution in [3.63, 3.8) is 0 Å². The van der Waals surface area contributed by atoms with E-state index in [-0.39, 0.29) is 22.9 Å². The van der Waals surface area contributed by atoms with Gasteiger partial charge in [-0.05, 0) is 36.8 Å². The van der Waals surface area contributed by atoms with Crippen LogP contribution in [0.2, 0.25) is 0 Å². The monoisotopic (exact) mass is 294 g/mol. The lowest BCUT2D eigenvalue weighted by Gasteiger charge is -2.35. The van der Waals surface area contributed by atoms with Crippen LogP contribution in [0.4, 0.5) is 10.1 Å². The Morgan fingerprint density at radius 2 is 2.19 bits per heavy atom. The fourth-order valence-corrected chi connectivity index (χ4v) is 2.89. The maximum absolute atomic E-state index is 13.5. The number of carbonyl (C=O) groups is 1. The molecule has 1 aromatic rings. The maximum atomic E-state index is 13.5. The number of nitro benzene ring substituents is 1. The summed E-state index contributed by atoms with van der Waals surface area (Å²) in [6.45, 7) is 4.33. The molecule has 0 heterocycles. The van der Waals surface area contributed by atoms with Crippen molar-refractivity contribution < 1.29 is 14.1 Å². The normalized spacial score (nSPS) is 20.8. The summed E-state index contributed by atoms with van der Waals surface area (Å²) in [4.78, 5) is 21.9. The molecule has 1 aliphatic carbocycles. The van der Waals surface area contributed by atoms with Crippen molar-refractivity contribution in [1.29, 1.82) is 0 Å². The standard InChI is InChI=1S/C15H19FN2O3/c1-15(2)7-3-4-11(9-15)17-14(19)10-5-6-13(18(20)21)12(16)8-10/h5-6,8,11H,3-4,7,9H2,1-2H3,(H,17,19). The third-order valence-corrected chi connectivity index (χ3v) is 3.95. The minimum Gasteiger partial charge on any atom is -0.349 e. The number of rotatable bonds is 3. The summed E-state index contributed by atoms with van der Waals surface area (Å²) in [5.74, 6) is -1.37. The molecule has 0 aliphatic heterocycles. The zero-order valence-corrected chi connectivity index (χ0v) is 12.2. The molecule has 114 valence electrons. The van der Waals surface area contributed by atoms with Crippen molar-refractivity contribution >= 4 is 11.6 Å². The van der Waals surface area contributed by atoms with Gasteiger partial charge in [-0.1, -0.05) is 20.3 Å². The number of nitro groups is 1. The van der Waals surface area contributed by atoms with Crippen molar-refractivity contribution in [2.24, 2.45) is 5.41 Å². The molecule has 6 heteroatoms. The highest BCUT2D eigenvalue weighted by Gasteiger charge is 2.29. The Kier molecular flexibility index (Phi) is 4.25. The van der Waals surface area contributed by atoms with E-state index in [1.165, 1.54) is 6.07 Å². The lowest BCUT2D eigenvalue weighted by Crippen LogP contribution is -2.40. The average Bonchev–Trinajstić information content (AvgIpc) is 2.36. The predicted molar refractivity (Wildman–Crippen MR) is 76.6 cm³/mol. The smallest absolute Gasteiger partial charge is 0.304 e. The van der Waals surface area contributed by atoms with Gasteiger partial charge in [-0.25, -0.2) is 0 Å². The number of nitrogens with zero attached hydrogens (tertiary/aromatic N) is 1. The fraction of sp³-hybridized carbons (Fsp3) is 0.533. The van der Waals surface area contributed by atoms with E-state index in [2.05, 4.69) is 19.2 Å². The first kappa shape index (κ1) is 15.4. The molecule has 1 fully saturated rings. The zero-order valence-electron chi connectivity index (χ0n) is 12.2. The van der Waals surface area contributed by atoms with Gasteiger partial charge in [0.05, 0.1) is 4.92 Å². The lowest BCUT2D eigenvalue weighted by atomic mass is 9.75. The van der Waals surface area contributed by atoms with E-state index in [1.807, 2.05) is 0 Å². The molecule has 1 aromatic carbocycles. The summed E-state index contributed by atoms with van der Waals surface area (Å²) in [5, 5.41) is 13.4. The first-order chi connectivity index (χ1) is 9.78. The van der Waals surface area contributed by atoms with Gasteiger partial charge < -0.3 is 5.32 Å². The molecule has 1 aliphatic rings. The van der Waals surface area contributed by atoms with E-state index in [0.717, 1.165) is 37.8 Å². The molecule has 0 aromatic heterocycles.